The van der Waals surface area contributed by atoms with Gasteiger partial charge in [0, 0.05) is 32.9 Å². The normalized spacial score (nSPS) is 27.2. The van der Waals surface area contributed by atoms with Gasteiger partial charge in [0.05, 0.1) is 24.2 Å². The fourth-order valence-corrected chi connectivity index (χ4v) is 3.63. The lowest BCUT2D eigenvalue weighted by atomic mass is 9.79. The van der Waals surface area contributed by atoms with Gasteiger partial charge in [0.25, 0.3) is 0 Å². The van der Waals surface area contributed by atoms with Crippen LogP contribution in [0.15, 0.2) is 42.7 Å². The highest BCUT2D eigenvalue weighted by Gasteiger charge is 2.46. The van der Waals surface area contributed by atoms with Crippen LogP contribution in [0.2, 0.25) is 0 Å². The molecule has 1 aromatic carbocycles. The van der Waals surface area contributed by atoms with Gasteiger partial charge in [-0.1, -0.05) is 30.3 Å². The number of carbonyl (C=O) groups is 1. The van der Waals surface area contributed by atoms with Crippen molar-refractivity contribution >= 4 is 5.91 Å². The van der Waals surface area contributed by atoms with E-state index in [0.717, 1.165) is 17.9 Å². The summed E-state index contributed by atoms with van der Waals surface area (Å²) in [6.45, 7) is 4.70. The van der Waals surface area contributed by atoms with Gasteiger partial charge in [-0.3, -0.25) is 9.69 Å². The lowest BCUT2D eigenvalue weighted by molar-refractivity contribution is -0.126. The summed E-state index contributed by atoms with van der Waals surface area (Å²) in [7, 11) is 1.98. The molecule has 6 nitrogen and oxygen atoms in total. The van der Waals surface area contributed by atoms with E-state index in [1.165, 1.54) is 6.92 Å². The molecule has 1 amide bonds. The van der Waals surface area contributed by atoms with Gasteiger partial charge in [-0.2, -0.15) is 0 Å². The van der Waals surface area contributed by atoms with Gasteiger partial charge in [0.1, 0.15) is 5.82 Å². The molecule has 3 rings (SSSR count). The van der Waals surface area contributed by atoms with Crippen LogP contribution in [-0.4, -0.2) is 43.7 Å². The molecule has 3 atom stereocenters. The Labute approximate surface area is 148 Å². The standard InChI is InChI=1S/C19H26N4O2/c1-14(24)21-18-17(15-7-5-4-6-8-15)23(11-9-19(18,2)25)13-16-20-10-12-22(16)3/h4-8,10,12,17-18,25H,9,11,13H2,1-3H3,(H,21,24). The van der Waals surface area contributed by atoms with Crippen molar-refractivity contribution in [1.29, 1.82) is 0 Å². The second-order valence-electron chi connectivity index (χ2n) is 7.07. The molecule has 25 heavy (non-hydrogen) atoms. The van der Waals surface area contributed by atoms with E-state index in [2.05, 4.69) is 15.2 Å². The van der Waals surface area contributed by atoms with Gasteiger partial charge >= 0.3 is 0 Å². The van der Waals surface area contributed by atoms with E-state index in [1.54, 1.807) is 6.20 Å². The molecule has 2 aromatic rings. The molecule has 2 N–H and O–H groups in total. The molecule has 0 aliphatic carbocycles. The summed E-state index contributed by atoms with van der Waals surface area (Å²) in [5.41, 5.74) is 0.111. The minimum Gasteiger partial charge on any atom is -0.388 e. The number of piperidine rings is 1. The van der Waals surface area contributed by atoms with E-state index in [0.29, 0.717) is 13.0 Å². The summed E-state index contributed by atoms with van der Waals surface area (Å²) in [5, 5.41) is 13.9. The van der Waals surface area contributed by atoms with E-state index >= 15 is 0 Å². The molecular formula is C19H26N4O2. The van der Waals surface area contributed by atoms with Gasteiger partial charge in [-0.15, -0.1) is 0 Å². The first-order valence-electron chi connectivity index (χ1n) is 8.63. The molecule has 0 radical (unpaired) electrons. The number of aryl methyl sites for hydroxylation is 1. The fraction of sp³-hybridized carbons (Fsp3) is 0.474. The summed E-state index contributed by atoms with van der Waals surface area (Å²) in [4.78, 5) is 18.5. The highest BCUT2D eigenvalue weighted by atomic mass is 16.3. The van der Waals surface area contributed by atoms with Crippen LogP contribution in [0.3, 0.4) is 0 Å². The Balaban J connectivity index is 1.98. The zero-order chi connectivity index (χ0) is 18.0. The average molecular weight is 342 g/mol. The summed E-state index contributed by atoms with van der Waals surface area (Å²) >= 11 is 0. The molecule has 1 saturated heterocycles. The van der Waals surface area contributed by atoms with Crippen molar-refractivity contribution in [1.82, 2.24) is 19.8 Å². The van der Waals surface area contributed by atoms with Crippen LogP contribution in [-0.2, 0) is 18.4 Å². The third-order valence-corrected chi connectivity index (χ3v) is 5.05. The van der Waals surface area contributed by atoms with Gasteiger partial charge in [-0.25, -0.2) is 4.98 Å². The molecule has 0 spiro atoms. The Morgan fingerprint density at radius 3 is 2.72 bits per heavy atom. The van der Waals surface area contributed by atoms with Crippen LogP contribution < -0.4 is 5.32 Å². The minimum absolute atomic E-state index is 0.120. The zero-order valence-corrected chi connectivity index (χ0v) is 15.0. The summed E-state index contributed by atoms with van der Waals surface area (Å²) in [5.74, 6) is 0.828. The van der Waals surface area contributed by atoms with E-state index in [1.807, 2.05) is 55.1 Å². The third kappa shape index (κ3) is 3.75. The van der Waals surface area contributed by atoms with E-state index < -0.39 is 5.60 Å². The molecule has 1 aliphatic heterocycles. The number of hydrogen-bond acceptors (Lipinski definition) is 4. The molecule has 2 heterocycles. The van der Waals surface area contributed by atoms with Crippen molar-refractivity contribution in [3.8, 4) is 0 Å². The van der Waals surface area contributed by atoms with E-state index in [4.69, 9.17) is 0 Å². The van der Waals surface area contributed by atoms with Gasteiger partial charge < -0.3 is 15.0 Å². The highest BCUT2D eigenvalue weighted by Crippen LogP contribution is 2.37. The first-order chi connectivity index (χ1) is 11.9. The van der Waals surface area contributed by atoms with Crippen molar-refractivity contribution in [2.45, 2.75) is 44.5 Å². The molecule has 1 fully saturated rings. The van der Waals surface area contributed by atoms with Crippen LogP contribution in [0.25, 0.3) is 0 Å². The molecule has 134 valence electrons. The second-order valence-corrected chi connectivity index (χ2v) is 7.07. The topological polar surface area (TPSA) is 70.4 Å². The monoisotopic (exact) mass is 342 g/mol. The molecule has 0 saturated carbocycles. The number of imidazole rings is 1. The largest absolute Gasteiger partial charge is 0.388 e. The highest BCUT2D eigenvalue weighted by molar-refractivity contribution is 5.73. The second kappa shape index (κ2) is 6.98. The lowest BCUT2D eigenvalue weighted by Crippen LogP contribution is -2.62. The van der Waals surface area contributed by atoms with Gasteiger partial charge in [-0.05, 0) is 18.9 Å². The molecule has 1 aliphatic rings. The summed E-state index contributed by atoms with van der Waals surface area (Å²) in [6.07, 6.45) is 4.31. The number of benzene rings is 1. The molecule has 6 heteroatoms. The smallest absolute Gasteiger partial charge is 0.217 e. The predicted molar refractivity (Wildman–Crippen MR) is 95.6 cm³/mol. The molecule has 3 unspecified atom stereocenters. The maximum absolute atomic E-state index is 11.8. The van der Waals surface area contributed by atoms with Crippen molar-refractivity contribution in [3.63, 3.8) is 0 Å². The Kier molecular flexibility index (Phi) is 4.92. The fourth-order valence-electron chi connectivity index (χ4n) is 3.63. The first kappa shape index (κ1) is 17.6. The summed E-state index contributed by atoms with van der Waals surface area (Å²) < 4.78 is 2.00. The SMILES string of the molecule is CC(=O)NC1C(c2ccccc2)N(Cc2nccn2C)CCC1(C)O. The van der Waals surface area contributed by atoms with E-state index in [-0.39, 0.29) is 18.0 Å². The Morgan fingerprint density at radius 2 is 2.12 bits per heavy atom. The molecule has 1 aromatic heterocycles. The van der Waals surface area contributed by atoms with Gasteiger partial charge in [0.2, 0.25) is 5.91 Å². The number of nitrogens with one attached hydrogen (secondary N) is 1. The van der Waals surface area contributed by atoms with Crippen molar-refractivity contribution in [2.24, 2.45) is 7.05 Å². The van der Waals surface area contributed by atoms with Crippen LogP contribution >= 0.6 is 0 Å². The lowest BCUT2D eigenvalue weighted by Gasteiger charge is -2.49. The maximum atomic E-state index is 11.8. The number of rotatable bonds is 4. The van der Waals surface area contributed by atoms with Crippen molar-refractivity contribution in [3.05, 3.63) is 54.1 Å². The van der Waals surface area contributed by atoms with Crippen LogP contribution in [0.5, 0.6) is 0 Å². The number of carbonyl (C=O) groups excluding carboxylic acids is 1. The number of amides is 1. The number of hydrogen-bond donors (Lipinski definition) is 2. The minimum atomic E-state index is -0.968. The Bertz CT molecular complexity index is 726. The maximum Gasteiger partial charge on any atom is 0.217 e. The van der Waals surface area contributed by atoms with Crippen molar-refractivity contribution in [2.75, 3.05) is 6.54 Å². The van der Waals surface area contributed by atoms with Gasteiger partial charge in [0.15, 0.2) is 0 Å². The summed E-state index contributed by atoms with van der Waals surface area (Å²) in [6, 6.07) is 9.54. The number of aliphatic hydroxyl groups is 1. The zero-order valence-electron chi connectivity index (χ0n) is 15.0. The number of likely N-dealkylation sites (tertiary alicyclic amines) is 1. The van der Waals surface area contributed by atoms with Crippen LogP contribution in [0.4, 0.5) is 0 Å². The Morgan fingerprint density at radius 1 is 1.40 bits per heavy atom. The average Bonchev–Trinajstić information content (AvgIpc) is 2.96. The van der Waals surface area contributed by atoms with Crippen molar-refractivity contribution < 1.29 is 9.90 Å². The first-order valence-corrected chi connectivity index (χ1v) is 8.63. The number of aromatic nitrogens is 2. The van der Waals surface area contributed by atoms with E-state index in [9.17, 15) is 9.90 Å². The van der Waals surface area contributed by atoms with Crippen LogP contribution in [0.1, 0.15) is 37.7 Å². The number of nitrogens with zero attached hydrogens (tertiary/aromatic N) is 3. The quantitative estimate of drug-likeness (QED) is 0.886. The molecule has 0 bridgehead atoms. The Hall–Kier alpha value is -2.18. The predicted octanol–water partition coefficient (Wildman–Crippen LogP) is 1.62. The van der Waals surface area contributed by atoms with Crippen LogP contribution in [0, 0.1) is 0 Å². The molecular weight excluding hydrogens is 316 g/mol. The third-order valence-electron chi connectivity index (χ3n) is 5.05.